The van der Waals surface area contributed by atoms with Gasteiger partial charge in [-0.2, -0.15) is 0 Å². The summed E-state index contributed by atoms with van der Waals surface area (Å²) in [6, 6.07) is 9.59. The smallest absolute Gasteiger partial charge is 0.221 e. The van der Waals surface area contributed by atoms with Gasteiger partial charge in [0, 0.05) is 41.3 Å². The molecular weight excluding hydrogens is 302 g/mol. The summed E-state index contributed by atoms with van der Waals surface area (Å²) in [5.74, 6) is -0.0349. The van der Waals surface area contributed by atoms with Gasteiger partial charge in [-0.05, 0) is 58.0 Å². The number of carbonyl (C=O) groups is 2. The molecular formula is C19H25N3O2. The molecule has 0 atom stereocenters. The third-order valence-corrected chi connectivity index (χ3v) is 3.96. The molecule has 2 N–H and O–H groups in total. The van der Waals surface area contributed by atoms with Gasteiger partial charge < -0.3 is 15.2 Å². The van der Waals surface area contributed by atoms with Gasteiger partial charge in [0.15, 0.2) is 5.78 Å². The standard InChI is InChI=1S/C19H25N3O2/c1-12(2)22-13(3)10-18(14(22)4)19(24)11-20-16-6-8-17(9-7-16)21-15(5)23/h6-10,12,20H,11H2,1-5H3,(H,21,23). The first kappa shape index (κ1) is 17.8. The van der Waals surface area contributed by atoms with Gasteiger partial charge in [-0.25, -0.2) is 0 Å². The maximum atomic E-state index is 12.5. The number of nitrogens with zero attached hydrogens (tertiary/aromatic N) is 1. The van der Waals surface area contributed by atoms with Crippen LogP contribution in [-0.4, -0.2) is 22.8 Å². The summed E-state index contributed by atoms with van der Waals surface area (Å²) in [6.45, 7) is 9.95. The van der Waals surface area contributed by atoms with Crippen molar-refractivity contribution >= 4 is 23.1 Å². The van der Waals surface area contributed by atoms with Crippen molar-refractivity contribution in [3.63, 3.8) is 0 Å². The summed E-state index contributed by atoms with van der Waals surface area (Å²) in [4.78, 5) is 23.5. The quantitative estimate of drug-likeness (QED) is 0.790. The van der Waals surface area contributed by atoms with E-state index in [0.29, 0.717) is 6.04 Å². The molecule has 1 heterocycles. The molecule has 0 saturated heterocycles. The molecule has 2 aromatic rings. The molecule has 0 saturated carbocycles. The minimum absolute atomic E-state index is 0.0703. The molecule has 5 nitrogen and oxygen atoms in total. The topological polar surface area (TPSA) is 63.1 Å². The highest BCUT2D eigenvalue weighted by molar-refractivity contribution is 6.00. The zero-order chi connectivity index (χ0) is 17.9. The summed E-state index contributed by atoms with van der Waals surface area (Å²) in [6.07, 6.45) is 0. The van der Waals surface area contributed by atoms with Gasteiger partial charge >= 0.3 is 0 Å². The Hall–Kier alpha value is -2.56. The number of benzene rings is 1. The molecule has 128 valence electrons. The zero-order valence-corrected chi connectivity index (χ0v) is 14.9. The molecule has 0 fully saturated rings. The van der Waals surface area contributed by atoms with Crippen molar-refractivity contribution in [1.82, 2.24) is 4.57 Å². The van der Waals surface area contributed by atoms with Crippen LogP contribution < -0.4 is 10.6 Å². The second kappa shape index (κ2) is 7.34. The first-order valence-electron chi connectivity index (χ1n) is 8.12. The van der Waals surface area contributed by atoms with E-state index in [1.807, 2.05) is 32.0 Å². The summed E-state index contributed by atoms with van der Waals surface area (Å²) in [7, 11) is 0. The second-order valence-corrected chi connectivity index (χ2v) is 6.28. The molecule has 24 heavy (non-hydrogen) atoms. The summed E-state index contributed by atoms with van der Waals surface area (Å²) >= 11 is 0. The molecule has 0 aliphatic heterocycles. The van der Waals surface area contributed by atoms with Gasteiger partial charge in [0.25, 0.3) is 0 Å². The largest absolute Gasteiger partial charge is 0.378 e. The summed E-state index contributed by atoms with van der Waals surface area (Å²) < 4.78 is 2.18. The third-order valence-electron chi connectivity index (χ3n) is 3.96. The molecule has 0 spiro atoms. The third kappa shape index (κ3) is 4.04. The number of rotatable bonds is 6. The Morgan fingerprint density at radius 3 is 2.17 bits per heavy atom. The molecule has 0 bridgehead atoms. The van der Waals surface area contributed by atoms with Crippen LogP contribution in [0.1, 0.15) is 48.6 Å². The Balaban J connectivity index is 2.03. The lowest BCUT2D eigenvalue weighted by Crippen LogP contribution is -2.15. The van der Waals surface area contributed by atoms with E-state index in [2.05, 4.69) is 29.0 Å². The average Bonchev–Trinajstić information content (AvgIpc) is 2.80. The van der Waals surface area contributed by atoms with Crippen LogP contribution in [0.3, 0.4) is 0 Å². The number of aromatic nitrogens is 1. The van der Waals surface area contributed by atoms with Crippen molar-refractivity contribution in [3.05, 3.63) is 47.3 Å². The number of hydrogen-bond donors (Lipinski definition) is 2. The van der Waals surface area contributed by atoms with Crippen molar-refractivity contribution in [3.8, 4) is 0 Å². The molecule has 1 aromatic heterocycles. The molecule has 0 unspecified atom stereocenters. The van der Waals surface area contributed by atoms with Crippen LogP contribution >= 0.6 is 0 Å². The fourth-order valence-electron chi connectivity index (χ4n) is 3.01. The van der Waals surface area contributed by atoms with E-state index in [4.69, 9.17) is 0 Å². The van der Waals surface area contributed by atoms with Gasteiger partial charge in [-0.3, -0.25) is 9.59 Å². The van der Waals surface area contributed by atoms with E-state index in [1.165, 1.54) is 6.92 Å². The Kier molecular flexibility index (Phi) is 5.44. The van der Waals surface area contributed by atoms with E-state index < -0.39 is 0 Å². The average molecular weight is 327 g/mol. The molecule has 0 aliphatic carbocycles. The predicted octanol–water partition coefficient (Wildman–Crippen LogP) is 3.94. The summed E-state index contributed by atoms with van der Waals surface area (Å²) in [5.41, 5.74) is 4.46. The Labute approximate surface area is 143 Å². The lowest BCUT2D eigenvalue weighted by molar-refractivity contribution is -0.114. The number of anilines is 2. The fourth-order valence-corrected chi connectivity index (χ4v) is 3.01. The van der Waals surface area contributed by atoms with Gasteiger partial charge in [0.1, 0.15) is 0 Å². The van der Waals surface area contributed by atoms with Gasteiger partial charge in [0.05, 0.1) is 6.54 Å². The van der Waals surface area contributed by atoms with Crippen molar-refractivity contribution in [1.29, 1.82) is 0 Å². The van der Waals surface area contributed by atoms with Crippen LogP contribution in [-0.2, 0) is 4.79 Å². The van der Waals surface area contributed by atoms with Gasteiger partial charge in [-0.1, -0.05) is 0 Å². The highest BCUT2D eigenvalue weighted by Gasteiger charge is 2.16. The van der Waals surface area contributed by atoms with E-state index in [0.717, 1.165) is 28.3 Å². The van der Waals surface area contributed by atoms with Crippen LogP contribution in [0.15, 0.2) is 30.3 Å². The lowest BCUT2D eigenvalue weighted by Gasteiger charge is -2.13. The number of ketones is 1. The highest BCUT2D eigenvalue weighted by Crippen LogP contribution is 2.21. The van der Waals surface area contributed by atoms with E-state index in [1.54, 1.807) is 12.1 Å². The highest BCUT2D eigenvalue weighted by atomic mass is 16.1. The molecule has 2 rings (SSSR count). The number of nitrogens with one attached hydrogen (secondary N) is 2. The molecule has 1 amide bonds. The molecule has 0 aliphatic rings. The minimum Gasteiger partial charge on any atom is -0.378 e. The summed E-state index contributed by atoms with van der Waals surface area (Å²) in [5, 5.41) is 5.85. The van der Waals surface area contributed by atoms with E-state index in [-0.39, 0.29) is 18.2 Å². The fraction of sp³-hybridized carbons (Fsp3) is 0.368. The number of amides is 1. The first-order valence-corrected chi connectivity index (χ1v) is 8.12. The number of hydrogen-bond acceptors (Lipinski definition) is 3. The van der Waals surface area contributed by atoms with Crippen LogP contribution in [0.5, 0.6) is 0 Å². The van der Waals surface area contributed by atoms with Gasteiger partial charge in [0.2, 0.25) is 5.91 Å². The monoisotopic (exact) mass is 327 g/mol. The zero-order valence-electron chi connectivity index (χ0n) is 14.9. The molecule has 1 aromatic carbocycles. The number of Topliss-reactive ketones (excluding diaryl/α,β-unsaturated/α-hetero) is 1. The molecule has 5 heteroatoms. The normalized spacial score (nSPS) is 10.8. The number of carbonyl (C=O) groups excluding carboxylic acids is 2. The first-order chi connectivity index (χ1) is 11.3. The lowest BCUT2D eigenvalue weighted by atomic mass is 10.1. The van der Waals surface area contributed by atoms with Crippen molar-refractivity contribution in [2.24, 2.45) is 0 Å². The minimum atomic E-state index is -0.105. The van der Waals surface area contributed by atoms with Crippen LogP contribution in [0.25, 0.3) is 0 Å². The maximum absolute atomic E-state index is 12.5. The molecule has 0 radical (unpaired) electrons. The Bertz CT molecular complexity index is 743. The maximum Gasteiger partial charge on any atom is 0.221 e. The SMILES string of the molecule is CC(=O)Nc1ccc(NCC(=O)c2cc(C)n(C(C)C)c2C)cc1. The van der Waals surface area contributed by atoms with Crippen LogP contribution in [0, 0.1) is 13.8 Å². The van der Waals surface area contributed by atoms with E-state index >= 15 is 0 Å². The van der Waals surface area contributed by atoms with Crippen LogP contribution in [0.2, 0.25) is 0 Å². The predicted molar refractivity (Wildman–Crippen MR) is 97.9 cm³/mol. The second-order valence-electron chi connectivity index (χ2n) is 6.28. The Morgan fingerprint density at radius 1 is 1.08 bits per heavy atom. The number of aryl methyl sites for hydroxylation is 1. The van der Waals surface area contributed by atoms with Gasteiger partial charge in [-0.15, -0.1) is 0 Å². The van der Waals surface area contributed by atoms with Crippen molar-refractivity contribution in [2.75, 3.05) is 17.2 Å². The van der Waals surface area contributed by atoms with Crippen LogP contribution in [0.4, 0.5) is 11.4 Å². The van der Waals surface area contributed by atoms with Crippen molar-refractivity contribution in [2.45, 2.75) is 40.7 Å². The van der Waals surface area contributed by atoms with E-state index in [9.17, 15) is 9.59 Å². The Morgan fingerprint density at radius 2 is 1.67 bits per heavy atom. The van der Waals surface area contributed by atoms with Crippen molar-refractivity contribution < 1.29 is 9.59 Å².